The minimum Gasteiger partial charge on any atom is -0.478 e. The van der Waals surface area contributed by atoms with Crippen LogP contribution in [0.5, 0.6) is 0 Å². The van der Waals surface area contributed by atoms with E-state index in [1.165, 1.54) is 6.42 Å². The smallest absolute Gasteiger partial charge is 0.330 e. The van der Waals surface area contributed by atoms with E-state index in [1.807, 2.05) is 6.08 Å². The van der Waals surface area contributed by atoms with E-state index in [-0.39, 0.29) is 0 Å². The number of hydrogen-bond acceptors (Lipinski definition) is 1. The van der Waals surface area contributed by atoms with Gasteiger partial charge in [-0.15, -0.1) is 0 Å². The molecule has 0 heterocycles. The summed E-state index contributed by atoms with van der Waals surface area (Å²) in [5.74, 6) is 0.648. The molecule has 1 atom stereocenters. The van der Waals surface area contributed by atoms with Crippen LogP contribution in [-0.4, -0.2) is 11.1 Å². The Kier molecular flexibility index (Phi) is 6.26. The van der Waals surface area contributed by atoms with Crippen LogP contribution >= 0.6 is 0 Å². The molecule has 2 nitrogen and oxygen atoms in total. The quantitative estimate of drug-likeness (QED) is 0.524. The normalized spacial score (nSPS) is 14.5. The lowest BCUT2D eigenvalue weighted by Crippen LogP contribution is -2.03. The lowest BCUT2D eigenvalue weighted by Gasteiger charge is -2.14. The van der Waals surface area contributed by atoms with Gasteiger partial charge >= 0.3 is 5.97 Å². The first-order chi connectivity index (χ1) is 6.45. The van der Waals surface area contributed by atoms with Gasteiger partial charge in [0.2, 0.25) is 0 Å². The van der Waals surface area contributed by atoms with E-state index in [0.717, 1.165) is 24.7 Å². The van der Waals surface area contributed by atoms with Crippen molar-refractivity contribution in [2.24, 2.45) is 11.8 Å². The SMILES string of the molecule is CC(=CCCCC(C)C(C)C)C(=O)O. The Balaban J connectivity index is 3.66. The molecular weight excluding hydrogens is 176 g/mol. The molecule has 0 aromatic rings. The van der Waals surface area contributed by atoms with Gasteiger partial charge in [-0.2, -0.15) is 0 Å². The van der Waals surface area contributed by atoms with E-state index in [0.29, 0.717) is 5.57 Å². The van der Waals surface area contributed by atoms with Gasteiger partial charge in [-0.1, -0.05) is 33.3 Å². The fraction of sp³-hybridized carbons (Fsp3) is 0.750. The maximum atomic E-state index is 10.5. The summed E-state index contributed by atoms with van der Waals surface area (Å²) >= 11 is 0. The first-order valence-corrected chi connectivity index (χ1v) is 5.35. The summed E-state index contributed by atoms with van der Waals surface area (Å²) in [5, 5.41) is 8.61. The van der Waals surface area contributed by atoms with Crippen LogP contribution in [0.2, 0.25) is 0 Å². The molecule has 2 heteroatoms. The van der Waals surface area contributed by atoms with E-state index in [4.69, 9.17) is 5.11 Å². The van der Waals surface area contributed by atoms with Crippen LogP contribution in [0, 0.1) is 11.8 Å². The molecule has 0 amide bonds. The Labute approximate surface area is 87.0 Å². The standard InChI is InChI=1S/C12H22O2/c1-9(2)10(3)7-5-6-8-11(4)12(13)14/h8-10H,5-7H2,1-4H3,(H,13,14). The fourth-order valence-electron chi connectivity index (χ4n) is 1.18. The second-order valence-corrected chi connectivity index (χ2v) is 4.34. The molecule has 82 valence electrons. The Morgan fingerprint density at radius 2 is 1.93 bits per heavy atom. The lowest BCUT2D eigenvalue weighted by molar-refractivity contribution is -0.132. The molecule has 0 aromatic heterocycles. The summed E-state index contributed by atoms with van der Waals surface area (Å²) in [5.41, 5.74) is 0.460. The van der Waals surface area contributed by atoms with Gasteiger partial charge in [0.25, 0.3) is 0 Å². The third-order valence-electron chi connectivity index (χ3n) is 2.79. The molecule has 0 radical (unpaired) electrons. The third kappa shape index (κ3) is 5.79. The average molecular weight is 198 g/mol. The monoisotopic (exact) mass is 198 g/mol. The van der Waals surface area contributed by atoms with Crippen molar-refractivity contribution in [2.75, 3.05) is 0 Å². The maximum Gasteiger partial charge on any atom is 0.330 e. The van der Waals surface area contributed by atoms with Gasteiger partial charge in [0.15, 0.2) is 0 Å². The Morgan fingerprint density at radius 1 is 1.36 bits per heavy atom. The molecule has 0 saturated carbocycles. The zero-order chi connectivity index (χ0) is 11.1. The molecule has 0 bridgehead atoms. The minimum absolute atomic E-state index is 0.460. The minimum atomic E-state index is -0.804. The third-order valence-corrected chi connectivity index (χ3v) is 2.79. The topological polar surface area (TPSA) is 37.3 Å². The average Bonchev–Trinajstić information content (AvgIpc) is 2.11. The molecule has 0 aliphatic carbocycles. The summed E-state index contributed by atoms with van der Waals surface area (Å²) in [6.07, 6.45) is 4.97. The van der Waals surface area contributed by atoms with E-state index in [9.17, 15) is 4.79 Å². The summed E-state index contributed by atoms with van der Waals surface area (Å²) in [4.78, 5) is 10.5. The summed E-state index contributed by atoms with van der Waals surface area (Å²) in [6.45, 7) is 8.35. The molecule has 0 rings (SSSR count). The van der Waals surface area contributed by atoms with Crippen LogP contribution in [0.25, 0.3) is 0 Å². The highest BCUT2D eigenvalue weighted by Crippen LogP contribution is 2.17. The molecule has 14 heavy (non-hydrogen) atoms. The van der Waals surface area contributed by atoms with Crippen molar-refractivity contribution >= 4 is 5.97 Å². The molecule has 1 unspecified atom stereocenters. The summed E-state index contributed by atoms with van der Waals surface area (Å²) < 4.78 is 0. The van der Waals surface area contributed by atoms with Gasteiger partial charge in [-0.05, 0) is 31.6 Å². The van der Waals surface area contributed by atoms with Gasteiger partial charge in [0.05, 0.1) is 0 Å². The van der Waals surface area contributed by atoms with Crippen molar-refractivity contribution in [1.29, 1.82) is 0 Å². The maximum absolute atomic E-state index is 10.5. The van der Waals surface area contributed by atoms with Gasteiger partial charge in [0.1, 0.15) is 0 Å². The molecule has 0 fully saturated rings. The second kappa shape index (κ2) is 6.63. The Morgan fingerprint density at radius 3 is 2.36 bits per heavy atom. The fourth-order valence-corrected chi connectivity index (χ4v) is 1.18. The van der Waals surface area contributed by atoms with Gasteiger partial charge < -0.3 is 5.11 Å². The van der Waals surface area contributed by atoms with E-state index < -0.39 is 5.97 Å². The molecule has 0 aliphatic rings. The van der Waals surface area contributed by atoms with Crippen LogP contribution in [0.15, 0.2) is 11.6 Å². The van der Waals surface area contributed by atoms with Gasteiger partial charge in [-0.3, -0.25) is 0 Å². The van der Waals surface area contributed by atoms with Crippen LogP contribution in [-0.2, 0) is 4.79 Å². The Hall–Kier alpha value is -0.790. The summed E-state index contributed by atoms with van der Waals surface area (Å²) in [6, 6.07) is 0. The van der Waals surface area contributed by atoms with Crippen molar-refractivity contribution in [3.8, 4) is 0 Å². The van der Waals surface area contributed by atoms with Gasteiger partial charge in [-0.25, -0.2) is 4.79 Å². The predicted molar refractivity (Wildman–Crippen MR) is 59.2 cm³/mol. The second-order valence-electron chi connectivity index (χ2n) is 4.34. The van der Waals surface area contributed by atoms with Crippen LogP contribution < -0.4 is 0 Å². The Bertz CT molecular complexity index is 204. The van der Waals surface area contributed by atoms with Crippen molar-refractivity contribution < 1.29 is 9.90 Å². The number of carboxylic acid groups (broad SMARTS) is 1. The predicted octanol–water partition coefficient (Wildman–Crippen LogP) is 3.48. The van der Waals surface area contributed by atoms with E-state index in [2.05, 4.69) is 20.8 Å². The first kappa shape index (κ1) is 13.2. The highest BCUT2D eigenvalue weighted by Gasteiger charge is 2.05. The molecule has 0 saturated heterocycles. The summed E-state index contributed by atoms with van der Waals surface area (Å²) in [7, 11) is 0. The number of carbonyl (C=O) groups is 1. The van der Waals surface area contributed by atoms with Gasteiger partial charge in [0, 0.05) is 5.57 Å². The highest BCUT2D eigenvalue weighted by atomic mass is 16.4. The molecule has 0 aromatic carbocycles. The number of carboxylic acids is 1. The van der Waals surface area contributed by atoms with E-state index in [1.54, 1.807) is 6.92 Å². The molecule has 1 N–H and O–H groups in total. The first-order valence-electron chi connectivity index (χ1n) is 5.35. The number of rotatable bonds is 6. The lowest BCUT2D eigenvalue weighted by atomic mass is 9.92. The zero-order valence-electron chi connectivity index (χ0n) is 9.71. The van der Waals surface area contributed by atoms with Crippen LogP contribution in [0.1, 0.15) is 47.0 Å². The molecular formula is C12H22O2. The van der Waals surface area contributed by atoms with Crippen LogP contribution in [0.3, 0.4) is 0 Å². The number of allylic oxidation sites excluding steroid dienone is 1. The largest absolute Gasteiger partial charge is 0.478 e. The van der Waals surface area contributed by atoms with Crippen molar-refractivity contribution in [3.05, 3.63) is 11.6 Å². The van der Waals surface area contributed by atoms with Crippen molar-refractivity contribution in [3.63, 3.8) is 0 Å². The zero-order valence-corrected chi connectivity index (χ0v) is 9.71. The number of aliphatic carboxylic acids is 1. The van der Waals surface area contributed by atoms with Crippen molar-refractivity contribution in [2.45, 2.75) is 47.0 Å². The van der Waals surface area contributed by atoms with Crippen LogP contribution in [0.4, 0.5) is 0 Å². The molecule has 0 spiro atoms. The van der Waals surface area contributed by atoms with E-state index >= 15 is 0 Å². The van der Waals surface area contributed by atoms with Crippen molar-refractivity contribution in [1.82, 2.24) is 0 Å². The number of hydrogen-bond donors (Lipinski definition) is 1. The number of unbranched alkanes of at least 4 members (excludes halogenated alkanes) is 1. The highest BCUT2D eigenvalue weighted by molar-refractivity contribution is 5.85. The molecule has 0 aliphatic heterocycles.